The quantitative estimate of drug-likeness (QED) is 0.404. The van der Waals surface area contributed by atoms with Crippen LogP contribution in [0.3, 0.4) is 0 Å². The Bertz CT molecular complexity index is 1020. The molecule has 0 saturated carbocycles. The zero-order chi connectivity index (χ0) is 21.6. The summed E-state index contributed by atoms with van der Waals surface area (Å²) in [6.07, 6.45) is 1.80. The minimum absolute atomic E-state index is 0.148. The van der Waals surface area contributed by atoms with Gasteiger partial charge in [-0.05, 0) is 42.3 Å². The van der Waals surface area contributed by atoms with Crippen molar-refractivity contribution in [2.45, 2.75) is 17.8 Å². The van der Waals surface area contributed by atoms with E-state index in [1.54, 1.807) is 24.3 Å². The number of nitrogens with two attached hydrogens (primary N) is 1. The molecule has 2 saturated heterocycles. The lowest BCUT2D eigenvalue weighted by Gasteiger charge is -2.47. The lowest BCUT2D eigenvalue weighted by molar-refractivity contribution is -0.147. The second kappa shape index (κ2) is 7.62. The lowest BCUT2D eigenvalue weighted by atomic mass is 10.0. The third-order valence-electron chi connectivity index (χ3n) is 5.30. The molecule has 3 aliphatic rings. The average molecular weight is 429 g/mol. The van der Waals surface area contributed by atoms with Crippen LogP contribution in [0.15, 0.2) is 47.2 Å². The number of amides is 3. The van der Waals surface area contributed by atoms with E-state index < -0.39 is 35.1 Å². The second-order valence-electron chi connectivity index (χ2n) is 7.02. The minimum atomic E-state index is -1.25. The molecule has 3 amide bonds. The number of allylic oxidation sites excluding steroid dienone is 1. The predicted octanol–water partition coefficient (Wildman–Crippen LogP) is 0.575. The predicted molar refractivity (Wildman–Crippen MR) is 107 cm³/mol. The summed E-state index contributed by atoms with van der Waals surface area (Å²) in [4.78, 5) is 51.6. The fraction of sp³-hybridized carbons (Fsp3) is 0.300. The van der Waals surface area contributed by atoms with Gasteiger partial charge in [-0.2, -0.15) is 0 Å². The maximum atomic E-state index is 12.8. The molecule has 0 aliphatic carbocycles. The highest BCUT2D eigenvalue weighted by atomic mass is 32.2. The number of carbonyl (C=O) groups is 4. The summed E-state index contributed by atoms with van der Waals surface area (Å²) in [5.74, 6) is -1.68. The number of carboxylic acid groups (broad SMARTS) is 1. The maximum absolute atomic E-state index is 12.8. The molecule has 1 aromatic carbocycles. The summed E-state index contributed by atoms with van der Waals surface area (Å²) >= 11 is 1.36. The van der Waals surface area contributed by atoms with E-state index in [1.165, 1.54) is 29.8 Å². The highest BCUT2D eigenvalue weighted by Gasteiger charge is 2.51. The van der Waals surface area contributed by atoms with Gasteiger partial charge in [0.1, 0.15) is 22.9 Å². The van der Waals surface area contributed by atoms with Crippen LogP contribution >= 0.6 is 11.8 Å². The number of imide groups is 1. The van der Waals surface area contributed by atoms with Crippen molar-refractivity contribution in [1.29, 1.82) is 0 Å². The van der Waals surface area contributed by atoms with E-state index in [4.69, 9.17) is 10.5 Å². The van der Waals surface area contributed by atoms with Crippen molar-refractivity contribution in [2.24, 2.45) is 5.73 Å². The van der Waals surface area contributed by atoms with E-state index in [0.29, 0.717) is 34.6 Å². The Labute approximate surface area is 176 Å². The third-order valence-corrected chi connectivity index (χ3v) is 6.62. The molecule has 0 aromatic heterocycles. The standard InChI is InChI=1S/C20H19N3O6S/c1-29-13-4-2-10(3-5-13)16(24)22-7-6-11(17(22)25)8-12-9-30-19-14(21)18(26)23(19)15(12)20(27)28/h2-5,8,14,19H,6-7,9,21H2,1H3,(H,27,28)/b11-8+/t14-,19-/m1/s1. The molecule has 156 valence electrons. The molecule has 0 unspecified atom stereocenters. The zero-order valence-electron chi connectivity index (χ0n) is 16.0. The van der Waals surface area contributed by atoms with Gasteiger partial charge in [-0.1, -0.05) is 0 Å². The lowest BCUT2D eigenvalue weighted by Crippen LogP contribution is -2.68. The zero-order valence-corrected chi connectivity index (χ0v) is 16.8. The first-order chi connectivity index (χ1) is 14.3. The normalized spacial score (nSPS) is 24.8. The number of methoxy groups -OCH3 is 1. The molecule has 0 radical (unpaired) electrons. The number of hydrogen-bond donors (Lipinski definition) is 2. The number of ether oxygens (including phenoxy) is 1. The first-order valence-electron chi connectivity index (χ1n) is 9.21. The van der Waals surface area contributed by atoms with Gasteiger partial charge in [-0.15, -0.1) is 11.8 Å². The van der Waals surface area contributed by atoms with Gasteiger partial charge in [-0.3, -0.25) is 24.2 Å². The van der Waals surface area contributed by atoms with Gasteiger partial charge in [0.25, 0.3) is 11.8 Å². The van der Waals surface area contributed by atoms with Crippen LogP contribution in [0.25, 0.3) is 0 Å². The number of nitrogens with zero attached hydrogens (tertiary/aromatic N) is 2. The van der Waals surface area contributed by atoms with E-state index in [9.17, 15) is 24.3 Å². The number of rotatable bonds is 4. The summed E-state index contributed by atoms with van der Waals surface area (Å²) in [6.45, 7) is 0.203. The van der Waals surface area contributed by atoms with Crippen LogP contribution in [0.4, 0.5) is 0 Å². The Morgan fingerprint density at radius 3 is 2.60 bits per heavy atom. The van der Waals surface area contributed by atoms with Crippen molar-refractivity contribution in [1.82, 2.24) is 9.80 Å². The van der Waals surface area contributed by atoms with Crippen LogP contribution in [-0.4, -0.2) is 69.4 Å². The first-order valence-corrected chi connectivity index (χ1v) is 10.3. The van der Waals surface area contributed by atoms with Gasteiger partial charge in [0.2, 0.25) is 5.91 Å². The number of β-lactam (4-membered cyclic amide) rings is 1. The SMILES string of the molecule is COc1ccc(C(=O)N2CC/C(=C\C3=C(C(=O)O)N4C(=O)[C@@H](N)[C@H]4SC3)C2=O)cc1. The summed E-state index contributed by atoms with van der Waals surface area (Å²) in [6, 6.07) is 5.72. The van der Waals surface area contributed by atoms with Crippen molar-refractivity contribution in [3.05, 3.63) is 52.7 Å². The van der Waals surface area contributed by atoms with Crippen LogP contribution in [0, 0.1) is 0 Å². The fourth-order valence-electron chi connectivity index (χ4n) is 3.69. The van der Waals surface area contributed by atoms with E-state index in [0.717, 1.165) is 4.90 Å². The van der Waals surface area contributed by atoms with Gasteiger partial charge >= 0.3 is 5.97 Å². The smallest absolute Gasteiger partial charge is 0.352 e. The minimum Gasteiger partial charge on any atom is -0.497 e. The molecule has 0 bridgehead atoms. The Kier molecular flexibility index (Phi) is 5.12. The summed E-state index contributed by atoms with van der Waals surface area (Å²) in [5.41, 5.74) is 6.65. The fourth-order valence-corrected chi connectivity index (χ4v) is 4.94. The van der Waals surface area contributed by atoms with Crippen molar-refractivity contribution in [2.75, 3.05) is 19.4 Å². The second-order valence-corrected chi connectivity index (χ2v) is 8.13. The molecule has 9 nitrogen and oxygen atoms in total. The van der Waals surface area contributed by atoms with E-state index in [2.05, 4.69) is 0 Å². The number of hydrogen-bond acceptors (Lipinski definition) is 7. The highest BCUT2D eigenvalue weighted by molar-refractivity contribution is 8.00. The van der Waals surface area contributed by atoms with Gasteiger partial charge < -0.3 is 15.6 Å². The summed E-state index contributed by atoms with van der Waals surface area (Å²) in [5, 5.41) is 9.21. The van der Waals surface area contributed by atoms with Gasteiger partial charge in [0.05, 0.1) is 7.11 Å². The number of carboxylic acids is 1. The summed E-state index contributed by atoms with van der Waals surface area (Å²) in [7, 11) is 1.52. The molecule has 10 heteroatoms. The van der Waals surface area contributed by atoms with Crippen LogP contribution < -0.4 is 10.5 Å². The van der Waals surface area contributed by atoms with Crippen molar-refractivity contribution < 1.29 is 29.0 Å². The Morgan fingerprint density at radius 2 is 1.97 bits per heavy atom. The Morgan fingerprint density at radius 1 is 1.27 bits per heavy atom. The molecule has 2 fully saturated rings. The number of likely N-dealkylation sites (tertiary alicyclic amines) is 1. The van der Waals surface area contributed by atoms with Crippen molar-refractivity contribution in [3.8, 4) is 5.75 Å². The van der Waals surface area contributed by atoms with Crippen LogP contribution in [0.5, 0.6) is 5.75 Å². The molecular formula is C20H19N3O6S. The molecule has 3 aliphatic heterocycles. The number of thioether (sulfide) groups is 1. The van der Waals surface area contributed by atoms with Crippen LogP contribution in [-0.2, 0) is 14.4 Å². The highest BCUT2D eigenvalue weighted by Crippen LogP contribution is 2.40. The molecule has 3 heterocycles. The molecule has 30 heavy (non-hydrogen) atoms. The molecule has 3 N–H and O–H groups in total. The molecule has 1 aromatic rings. The van der Waals surface area contributed by atoms with Crippen molar-refractivity contribution >= 4 is 35.5 Å². The number of fused-ring (bicyclic) bond motifs is 1. The maximum Gasteiger partial charge on any atom is 0.352 e. The molecular weight excluding hydrogens is 410 g/mol. The Balaban J connectivity index is 1.59. The van der Waals surface area contributed by atoms with Crippen LogP contribution in [0.2, 0.25) is 0 Å². The molecule has 0 spiro atoms. The topological polar surface area (TPSA) is 130 Å². The van der Waals surface area contributed by atoms with Crippen molar-refractivity contribution in [3.63, 3.8) is 0 Å². The van der Waals surface area contributed by atoms with Crippen LogP contribution in [0.1, 0.15) is 16.8 Å². The average Bonchev–Trinajstić information content (AvgIpc) is 3.12. The van der Waals surface area contributed by atoms with Gasteiger partial charge in [0, 0.05) is 23.4 Å². The summed E-state index contributed by atoms with van der Waals surface area (Å²) < 4.78 is 5.07. The first kappa shape index (κ1) is 20.2. The Hall–Kier alpha value is -3.11. The van der Waals surface area contributed by atoms with E-state index >= 15 is 0 Å². The van der Waals surface area contributed by atoms with Gasteiger partial charge in [0.15, 0.2) is 0 Å². The monoisotopic (exact) mass is 429 g/mol. The number of carbonyl (C=O) groups excluding carboxylic acids is 3. The van der Waals surface area contributed by atoms with E-state index in [1.807, 2.05) is 0 Å². The third kappa shape index (κ3) is 3.17. The number of benzene rings is 1. The van der Waals surface area contributed by atoms with Gasteiger partial charge in [-0.25, -0.2) is 4.79 Å². The molecule has 2 atom stereocenters. The van der Waals surface area contributed by atoms with E-state index in [-0.39, 0.29) is 12.2 Å². The number of aliphatic carboxylic acids is 1. The molecule has 4 rings (SSSR count). The largest absolute Gasteiger partial charge is 0.497 e.